The topological polar surface area (TPSA) is 58.6 Å². The van der Waals surface area contributed by atoms with Crippen LogP contribution in [0.4, 0.5) is 10.7 Å². The Hall–Kier alpha value is -1.85. The van der Waals surface area contributed by atoms with Crippen molar-refractivity contribution in [3.05, 3.63) is 17.5 Å². The van der Waals surface area contributed by atoms with Crippen molar-refractivity contribution in [2.75, 3.05) is 25.0 Å². The minimum absolute atomic E-state index is 0.114. The van der Waals surface area contributed by atoms with Crippen LogP contribution >= 0.6 is 0 Å². The first-order valence-corrected chi connectivity index (χ1v) is 8.19. The van der Waals surface area contributed by atoms with Gasteiger partial charge in [0.15, 0.2) is 0 Å². The molecule has 6 heteroatoms. The third-order valence-electron chi connectivity index (χ3n) is 3.88. The van der Waals surface area contributed by atoms with Gasteiger partial charge in [0.05, 0.1) is 6.04 Å². The Bertz CT molecular complexity index is 548. The number of hydrogen-bond acceptors (Lipinski definition) is 5. The molecule has 0 N–H and O–H groups in total. The van der Waals surface area contributed by atoms with Crippen molar-refractivity contribution in [3.63, 3.8) is 0 Å². The third-order valence-corrected chi connectivity index (χ3v) is 3.88. The highest BCUT2D eigenvalue weighted by molar-refractivity contribution is 5.68. The molecule has 1 amide bonds. The third kappa shape index (κ3) is 4.81. The van der Waals surface area contributed by atoms with E-state index in [0.29, 0.717) is 0 Å². The van der Waals surface area contributed by atoms with Crippen molar-refractivity contribution in [1.29, 1.82) is 0 Å². The maximum Gasteiger partial charge on any atom is 0.410 e. The van der Waals surface area contributed by atoms with Crippen molar-refractivity contribution in [3.8, 4) is 0 Å². The highest BCUT2D eigenvalue weighted by Crippen LogP contribution is 2.21. The number of carbonyl (C=O) groups excluding carboxylic acids is 1. The minimum atomic E-state index is -0.476. The maximum absolute atomic E-state index is 12.3. The zero-order valence-electron chi connectivity index (χ0n) is 15.1. The van der Waals surface area contributed by atoms with Gasteiger partial charge >= 0.3 is 6.09 Å². The first kappa shape index (κ1) is 17.5. The smallest absolute Gasteiger partial charge is 0.410 e. The van der Waals surface area contributed by atoms with Crippen LogP contribution in [0.1, 0.15) is 45.0 Å². The van der Waals surface area contributed by atoms with E-state index in [9.17, 15) is 4.79 Å². The molecule has 1 aromatic rings. The average Bonchev–Trinajstić information content (AvgIpc) is 2.44. The molecular formula is C17H28N4O2. The second-order valence-electron chi connectivity index (χ2n) is 7.28. The number of likely N-dealkylation sites (N-methyl/N-ethyl adjacent to an activating group) is 1. The van der Waals surface area contributed by atoms with Gasteiger partial charge in [-0.15, -0.1) is 0 Å². The number of hydrogen-bond donors (Lipinski definition) is 0. The number of anilines is 1. The van der Waals surface area contributed by atoms with E-state index < -0.39 is 5.60 Å². The van der Waals surface area contributed by atoms with Crippen LogP contribution < -0.4 is 4.90 Å². The molecular weight excluding hydrogens is 292 g/mol. The molecule has 23 heavy (non-hydrogen) atoms. The van der Waals surface area contributed by atoms with E-state index in [0.717, 1.165) is 43.3 Å². The summed E-state index contributed by atoms with van der Waals surface area (Å²) in [6.07, 6.45) is 1.70. The summed E-state index contributed by atoms with van der Waals surface area (Å²) in [4.78, 5) is 25.2. The van der Waals surface area contributed by atoms with E-state index in [2.05, 4.69) is 14.9 Å². The second-order valence-corrected chi connectivity index (χ2v) is 7.28. The highest BCUT2D eigenvalue weighted by atomic mass is 16.6. The molecule has 1 aromatic heterocycles. The molecule has 2 heterocycles. The van der Waals surface area contributed by atoms with Gasteiger partial charge in [0.1, 0.15) is 5.60 Å². The molecule has 0 aromatic carbocycles. The Labute approximate surface area is 138 Å². The monoisotopic (exact) mass is 320 g/mol. The van der Waals surface area contributed by atoms with Crippen LogP contribution in [0.3, 0.4) is 0 Å². The van der Waals surface area contributed by atoms with E-state index in [1.54, 1.807) is 4.90 Å². The predicted octanol–water partition coefficient (Wildman–Crippen LogP) is 2.93. The molecule has 0 unspecified atom stereocenters. The molecule has 128 valence electrons. The zero-order valence-corrected chi connectivity index (χ0v) is 15.1. The lowest BCUT2D eigenvalue weighted by molar-refractivity contribution is 0.0209. The standard InChI is InChI=1S/C17H28N4O2/c1-12-10-13(2)19-15(18-12)21-9-7-8-14(11-21)20(6)16(22)23-17(3,4)5/h10,14H,7-9,11H2,1-6H3/t14-/m0/s1. The van der Waals surface area contributed by atoms with E-state index in [-0.39, 0.29) is 12.1 Å². The summed E-state index contributed by atoms with van der Waals surface area (Å²) >= 11 is 0. The number of amides is 1. The van der Waals surface area contributed by atoms with Crippen molar-refractivity contribution >= 4 is 12.0 Å². The quantitative estimate of drug-likeness (QED) is 0.838. The number of aromatic nitrogens is 2. The number of ether oxygens (including phenoxy) is 1. The summed E-state index contributed by atoms with van der Waals surface area (Å²) in [6, 6.07) is 2.08. The molecule has 1 saturated heterocycles. The van der Waals surface area contributed by atoms with E-state index in [1.807, 2.05) is 47.7 Å². The van der Waals surface area contributed by atoms with E-state index >= 15 is 0 Å². The molecule has 2 rings (SSSR count). The van der Waals surface area contributed by atoms with Gasteiger partial charge in [-0.25, -0.2) is 14.8 Å². The van der Waals surface area contributed by atoms with Gasteiger partial charge in [-0.05, 0) is 53.5 Å². The fourth-order valence-electron chi connectivity index (χ4n) is 2.78. The fraction of sp³-hybridized carbons (Fsp3) is 0.706. The summed E-state index contributed by atoms with van der Waals surface area (Å²) in [6.45, 7) is 11.3. The molecule has 1 fully saturated rings. The molecule has 1 atom stereocenters. The molecule has 1 aliphatic heterocycles. The van der Waals surface area contributed by atoms with Crippen molar-refractivity contribution < 1.29 is 9.53 Å². The number of carbonyl (C=O) groups is 1. The second kappa shape index (κ2) is 6.72. The van der Waals surface area contributed by atoms with Crippen LogP contribution in [-0.2, 0) is 4.74 Å². The van der Waals surface area contributed by atoms with Gasteiger partial charge < -0.3 is 14.5 Å². The lowest BCUT2D eigenvalue weighted by Crippen LogP contribution is -2.50. The summed E-state index contributed by atoms with van der Waals surface area (Å²) in [5.41, 5.74) is 1.46. The number of nitrogens with zero attached hydrogens (tertiary/aromatic N) is 4. The zero-order chi connectivity index (χ0) is 17.2. The molecule has 0 bridgehead atoms. The maximum atomic E-state index is 12.3. The van der Waals surface area contributed by atoms with Crippen LogP contribution in [-0.4, -0.2) is 52.7 Å². The lowest BCUT2D eigenvalue weighted by Gasteiger charge is -2.38. The van der Waals surface area contributed by atoms with Gasteiger partial charge in [-0.1, -0.05) is 0 Å². The lowest BCUT2D eigenvalue weighted by atomic mass is 10.1. The van der Waals surface area contributed by atoms with Crippen LogP contribution in [0.2, 0.25) is 0 Å². The Morgan fingerprint density at radius 2 is 1.91 bits per heavy atom. The summed E-state index contributed by atoms with van der Waals surface area (Å²) in [5, 5.41) is 0. The van der Waals surface area contributed by atoms with E-state index in [1.165, 1.54) is 0 Å². The van der Waals surface area contributed by atoms with Crippen molar-refractivity contribution in [2.24, 2.45) is 0 Å². The normalized spacial score (nSPS) is 18.7. The Balaban J connectivity index is 2.07. The average molecular weight is 320 g/mol. The van der Waals surface area contributed by atoms with Gasteiger partial charge in [0, 0.05) is 31.5 Å². The SMILES string of the molecule is Cc1cc(C)nc(N2CCC[C@H](N(C)C(=O)OC(C)(C)C)C2)n1. The summed E-state index contributed by atoms with van der Waals surface area (Å²) < 4.78 is 5.47. The van der Waals surface area contributed by atoms with Gasteiger partial charge in [0.25, 0.3) is 0 Å². The fourth-order valence-corrected chi connectivity index (χ4v) is 2.78. The van der Waals surface area contributed by atoms with Crippen LogP contribution in [0.25, 0.3) is 0 Å². The summed E-state index contributed by atoms with van der Waals surface area (Å²) in [7, 11) is 1.81. The number of piperidine rings is 1. The number of rotatable bonds is 2. The number of aryl methyl sites for hydroxylation is 2. The van der Waals surface area contributed by atoms with Crippen molar-refractivity contribution in [2.45, 2.75) is 59.1 Å². The van der Waals surface area contributed by atoms with Gasteiger partial charge in [0.2, 0.25) is 5.95 Å². The molecule has 1 aliphatic rings. The van der Waals surface area contributed by atoms with Gasteiger partial charge in [-0.3, -0.25) is 0 Å². The van der Waals surface area contributed by atoms with Crippen molar-refractivity contribution in [1.82, 2.24) is 14.9 Å². The first-order valence-electron chi connectivity index (χ1n) is 8.19. The molecule has 6 nitrogen and oxygen atoms in total. The predicted molar refractivity (Wildman–Crippen MR) is 90.7 cm³/mol. The van der Waals surface area contributed by atoms with Crippen LogP contribution in [0.15, 0.2) is 6.07 Å². The molecule has 0 radical (unpaired) electrons. The van der Waals surface area contributed by atoms with Crippen LogP contribution in [0, 0.1) is 13.8 Å². The Morgan fingerprint density at radius 1 is 1.30 bits per heavy atom. The van der Waals surface area contributed by atoms with E-state index in [4.69, 9.17) is 4.74 Å². The molecule has 0 aliphatic carbocycles. The highest BCUT2D eigenvalue weighted by Gasteiger charge is 2.30. The minimum Gasteiger partial charge on any atom is -0.444 e. The van der Waals surface area contributed by atoms with Crippen LogP contribution in [0.5, 0.6) is 0 Å². The largest absolute Gasteiger partial charge is 0.444 e. The Kier molecular flexibility index (Phi) is 5.12. The first-order chi connectivity index (χ1) is 10.7. The van der Waals surface area contributed by atoms with Gasteiger partial charge in [-0.2, -0.15) is 0 Å². The Morgan fingerprint density at radius 3 is 2.48 bits per heavy atom. The summed E-state index contributed by atoms with van der Waals surface area (Å²) in [5.74, 6) is 0.754. The molecule has 0 spiro atoms. The molecule has 0 saturated carbocycles.